The Labute approximate surface area is 144 Å². The summed E-state index contributed by atoms with van der Waals surface area (Å²) in [7, 11) is 0. The number of anilines is 3. The number of pyridine rings is 2. The van der Waals surface area contributed by atoms with Gasteiger partial charge in [0.05, 0.1) is 35.2 Å². The van der Waals surface area contributed by atoms with E-state index in [9.17, 15) is 0 Å². The molecule has 0 aliphatic rings. The zero-order chi connectivity index (χ0) is 17.4. The number of nitrogens with zero attached hydrogens (tertiary/aromatic N) is 5. The van der Waals surface area contributed by atoms with Gasteiger partial charge >= 0.3 is 0 Å². The van der Waals surface area contributed by atoms with Gasteiger partial charge in [0, 0.05) is 18.6 Å². The van der Waals surface area contributed by atoms with E-state index in [4.69, 9.17) is 5.73 Å². The molecule has 4 aromatic heterocycles. The third kappa shape index (κ3) is 2.87. The number of hydrogen-bond acceptors (Lipinski definition) is 6. The Balaban J connectivity index is 1.79. The molecular formula is C18H17N7. The molecule has 7 heteroatoms. The summed E-state index contributed by atoms with van der Waals surface area (Å²) >= 11 is 0. The first-order valence-corrected chi connectivity index (χ1v) is 7.85. The van der Waals surface area contributed by atoms with Gasteiger partial charge < -0.3 is 11.1 Å². The van der Waals surface area contributed by atoms with Gasteiger partial charge in [0.25, 0.3) is 0 Å². The molecule has 0 aliphatic heterocycles. The predicted molar refractivity (Wildman–Crippen MR) is 97.6 cm³/mol. The van der Waals surface area contributed by atoms with Crippen molar-refractivity contribution in [2.75, 3.05) is 11.1 Å². The van der Waals surface area contributed by atoms with Gasteiger partial charge in [-0.3, -0.25) is 9.38 Å². The number of nitrogens with one attached hydrogen (secondary N) is 1. The Hall–Kier alpha value is -3.48. The van der Waals surface area contributed by atoms with Crippen LogP contribution in [-0.2, 0) is 0 Å². The highest BCUT2D eigenvalue weighted by Crippen LogP contribution is 2.25. The Morgan fingerprint density at radius 3 is 2.72 bits per heavy atom. The lowest BCUT2D eigenvalue weighted by molar-refractivity contribution is 1.11. The molecule has 4 rings (SSSR count). The number of hydrogen-bond donors (Lipinski definition) is 2. The summed E-state index contributed by atoms with van der Waals surface area (Å²) in [4.78, 5) is 17.1. The molecule has 0 saturated carbocycles. The van der Waals surface area contributed by atoms with Crippen molar-refractivity contribution in [2.24, 2.45) is 0 Å². The maximum absolute atomic E-state index is 5.75. The van der Waals surface area contributed by atoms with E-state index in [0.717, 1.165) is 39.5 Å². The van der Waals surface area contributed by atoms with Crippen LogP contribution < -0.4 is 11.1 Å². The fraction of sp³-hybridized carbons (Fsp3) is 0.111. The SMILES string of the molecule is Cc1cncc(Nc2ccc3ncc(-c4nc(N)ncc4C)n3c2)c1. The number of aryl methyl sites for hydroxylation is 2. The highest BCUT2D eigenvalue weighted by atomic mass is 15.1. The fourth-order valence-corrected chi connectivity index (χ4v) is 2.73. The minimum atomic E-state index is 0.246. The van der Waals surface area contributed by atoms with Crippen molar-refractivity contribution in [3.05, 3.63) is 60.3 Å². The molecule has 0 amide bonds. The second-order valence-electron chi connectivity index (χ2n) is 5.93. The summed E-state index contributed by atoms with van der Waals surface area (Å²) in [5, 5.41) is 3.36. The number of nitrogen functional groups attached to an aromatic ring is 1. The van der Waals surface area contributed by atoms with Crippen molar-refractivity contribution in [3.63, 3.8) is 0 Å². The van der Waals surface area contributed by atoms with Gasteiger partial charge in [0.15, 0.2) is 0 Å². The molecule has 0 unspecified atom stereocenters. The lowest BCUT2D eigenvalue weighted by atomic mass is 10.2. The van der Waals surface area contributed by atoms with Crippen molar-refractivity contribution in [1.82, 2.24) is 24.3 Å². The first kappa shape index (κ1) is 15.1. The Kier molecular flexibility index (Phi) is 3.53. The van der Waals surface area contributed by atoms with Crippen LogP contribution in [0.1, 0.15) is 11.1 Å². The quantitative estimate of drug-likeness (QED) is 0.599. The second-order valence-corrected chi connectivity index (χ2v) is 5.93. The highest BCUT2D eigenvalue weighted by molar-refractivity contribution is 5.67. The number of nitrogens with two attached hydrogens (primary N) is 1. The van der Waals surface area contributed by atoms with Gasteiger partial charge in [0.1, 0.15) is 5.65 Å². The van der Waals surface area contributed by atoms with Gasteiger partial charge in [0.2, 0.25) is 5.95 Å². The van der Waals surface area contributed by atoms with E-state index in [-0.39, 0.29) is 5.95 Å². The van der Waals surface area contributed by atoms with Gasteiger partial charge in [-0.15, -0.1) is 0 Å². The number of imidazole rings is 1. The molecule has 4 aromatic rings. The van der Waals surface area contributed by atoms with E-state index in [1.54, 1.807) is 18.6 Å². The molecule has 124 valence electrons. The molecule has 0 aliphatic carbocycles. The molecule has 0 fully saturated rings. The van der Waals surface area contributed by atoms with Gasteiger partial charge in [-0.1, -0.05) is 0 Å². The Morgan fingerprint density at radius 2 is 1.88 bits per heavy atom. The van der Waals surface area contributed by atoms with Crippen LogP contribution in [0.25, 0.3) is 17.0 Å². The molecule has 4 heterocycles. The third-order valence-corrected chi connectivity index (χ3v) is 3.90. The molecule has 0 spiro atoms. The lowest BCUT2D eigenvalue weighted by Crippen LogP contribution is -2.00. The van der Waals surface area contributed by atoms with Gasteiger partial charge in [-0.25, -0.2) is 15.0 Å². The van der Waals surface area contributed by atoms with Gasteiger partial charge in [-0.2, -0.15) is 0 Å². The molecule has 0 atom stereocenters. The standard InChI is InChI=1S/C18H17N7/c1-11-5-14(8-20-6-11)23-13-3-4-16-21-9-15(25(16)10-13)17-12(2)7-22-18(19)24-17/h3-10,23H,1-2H3,(H2,19,22,24). The zero-order valence-corrected chi connectivity index (χ0v) is 13.9. The normalized spacial score (nSPS) is 11.0. The van der Waals surface area contributed by atoms with E-state index in [0.29, 0.717) is 0 Å². The average molecular weight is 331 g/mol. The largest absolute Gasteiger partial charge is 0.368 e. The fourth-order valence-electron chi connectivity index (χ4n) is 2.73. The molecular weight excluding hydrogens is 314 g/mol. The number of fused-ring (bicyclic) bond motifs is 1. The maximum Gasteiger partial charge on any atom is 0.220 e. The predicted octanol–water partition coefficient (Wildman–Crippen LogP) is 3.13. The minimum absolute atomic E-state index is 0.246. The van der Waals surface area contributed by atoms with Crippen LogP contribution in [-0.4, -0.2) is 24.3 Å². The zero-order valence-electron chi connectivity index (χ0n) is 13.9. The van der Waals surface area contributed by atoms with Crippen molar-refractivity contribution >= 4 is 23.0 Å². The van der Waals surface area contributed by atoms with Crippen LogP contribution >= 0.6 is 0 Å². The second kappa shape index (κ2) is 5.86. The van der Waals surface area contributed by atoms with Crippen LogP contribution in [0.15, 0.2) is 49.2 Å². The van der Waals surface area contributed by atoms with Crippen molar-refractivity contribution < 1.29 is 0 Å². The summed E-state index contributed by atoms with van der Waals surface area (Å²) in [5.41, 5.74) is 12.1. The van der Waals surface area contributed by atoms with Crippen LogP contribution in [0.5, 0.6) is 0 Å². The van der Waals surface area contributed by atoms with Crippen molar-refractivity contribution in [3.8, 4) is 11.4 Å². The topological polar surface area (TPSA) is 94.0 Å². The van der Waals surface area contributed by atoms with E-state index in [2.05, 4.69) is 25.3 Å². The highest BCUT2D eigenvalue weighted by Gasteiger charge is 2.11. The van der Waals surface area contributed by atoms with Crippen LogP contribution in [0.2, 0.25) is 0 Å². The first-order chi connectivity index (χ1) is 12.1. The lowest BCUT2D eigenvalue weighted by Gasteiger charge is -2.09. The number of aromatic nitrogens is 5. The third-order valence-electron chi connectivity index (χ3n) is 3.90. The Morgan fingerprint density at radius 1 is 1.00 bits per heavy atom. The monoisotopic (exact) mass is 331 g/mol. The summed E-state index contributed by atoms with van der Waals surface area (Å²) in [5.74, 6) is 0.246. The van der Waals surface area contributed by atoms with Crippen molar-refractivity contribution in [2.45, 2.75) is 13.8 Å². The van der Waals surface area contributed by atoms with Crippen LogP contribution in [0.4, 0.5) is 17.3 Å². The van der Waals surface area contributed by atoms with Crippen LogP contribution in [0.3, 0.4) is 0 Å². The molecule has 7 nitrogen and oxygen atoms in total. The van der Waals surface area contributed by atoms with E-state index in [1.807, 2.05) is 48.8 Å². The van der Waals surface area contributed by atoms with E-state index < -0.39 is 0 Å². The molecule has 3 N–H and O–H groups in total. The van der Waals surface area contributed by atoms with E-state index in [1.165, 1.54) is 0 Å². The molecule has 0 aromatic carbocycles. The molecule has 25 heavy (non-hydrogen) atoms. The first-order valence-electron chi connectivity index (χ1n) is 7.85. The van der Waals surface area contributed by atoms with Crippen LogP contribution in [0, 0.1) is 13.8 Å². The summed E-state index contributed by atoms with van der Waals surface area (Å²) in [6.07, 6.45) is 9.11. The molecule has 0 bridgehead atoms. The average Bonchev–Trinajstić information content (AvgIpc) is 3.00. The van der Waals surface area contributed by atoms with Crippen molar-refractivity contribution in [1.29, 1.82) is 0 Å². The number of rotatable bonds is 3. The summed E-state index contributed by atoms with van der Waals surface area (Å²) in [6, 6.07) is 5.98. The van der Waals surface area contributed by atoms with Gasteiger partial charge in [-0.05, 0) is 43.2 Å². The smallest absolute Gasteiger partial charge is 0.220 e. The summed E-state index contributed by atoms with van der Waals surface area (Å²) < 4.78 is 1.99. The molecule has 0 radical (unpaired) electrons. The minimum Gasteiger partial charge on any atom is -0.368 e. The Bertz CT molecular complexity index is 1070. The summed E-state index contributed by atoms with van der Waals surface area (Å²) in [6.45, 7) is 3.96. The molecule has 0 saturated heterocycles. The maximum atomic E-state index is 5.75. The van der Waals surface area contributed by atoms with E-state index >= 15 is 0 Å².